The van der Waals surface area contributed by atoms with Crippen LogP contribution >= 0.6 is 0 Å². The van der Waals surface area contributed by atoms with Crippen molar-refractivity contribution in [2.24, 2.45) is 22.4 Å². The minimum absolute atomic E-state index is 0.110. The van der Waals surface area contributed by atoms with Gasteiger partial charge < -0.3 is 15.2 Å². The summed E-state index contributed by atoms with van der Waals surface area (Å²) in [5.74, 6) is 0.678. The summed E-state index contributed by atoms with van der Waals surface area (Å²) in [5.41, 5.74) is 0.117. The third kappa shape index (κ3) is 2.31. The Hall–Kier alpha value is -1.14. The fraction of sp³-hybridized carbons (Fsp3) is 0.857. The molecular weight excluding hydrogens is 260 g/mol. The van der Waals surface area contributed by atoms with Crippen LogP contribution in [-0.4, -0.2) is 46.4 Å². The third-order valence-corrected chi connectivity index (χ3v) is 5.39. The molecule has 0 heterocycles. The zero-order chi connectivity index (χ0) is 15.1. The van der Waals surface area contributed by atoms with Crippen molar-refractivity contribution < 1.29 is 19.9 Å². The molecular formula is C14H24N2O4. The highest BCUT2D eigenvalue weighted by Gasteiger charge is 2.64. The Morgan fingerprint density at radius 3 is 2.65 bits per heavy atom. The van der Waals surface area contributed by atoms with E-state index in [0.29, 0.717) is 24.0 Å². The second kappa shape index (κ2) is 5.00. The Kier molecular flexibility index (Phi) is 3.81. The van der Waals surface area contributed by atoms with Gasteiger partial charge in [-0.05, 0) is 37.0 Å². The summed E-state index contributed by atoms with van der Waals surface area (Å²) in [5, 5.41) is 24.1. The molecule has 0 aromatic heterocycles. The van der Waals surface area contributed by atoms with E-state index in [1.165, 1.54) is 7.11 Å². The molecule has 0 radical (unpaired) electrons. The van der Waals surface area contributed by atoms with E-state index < -0.39 is 5.54 Å². The monoisotopic (exact) mass is 284 g/mol. The number of hydrogen-bond donors (Lipinski definition) is 2. The number of carbonyl (C=O) groups is 1. The van der Waals surface area contributed by atoms with Gasteiger partial charge in [0.05, 0.1) is 24.8 Å². The van der Waals surface area contributed by atoms with Crippen LogP contribution in [-0.2, 0) is 9.53 Å². The quantitative estimate of drug-likeness (QED) is 0.468. The van der Waals surface area contributed by atoms with Gasteiger partial charge in [-0.1, -0.05) is 19.0 Å². The van der Waals surface area contributed by atoms with Crippen LogP contribution in [0.25, 0.3) is 0 Å². The maximum absolute atomic E-state index is 11.2. The van der Waals surface area contributed by atoms with Gasteiger partial charge in [0.2, 0.25) is 0 Å². The van der Waals surface area contributed by atoms with Crippen molar-refractivity contribution in [2.75, 3.05) is 13.7 Å². The Morgan fingerprint density at radius 1 is 1.45 bits per heavy atom. The molecule has 2 aliphatic carbocycles. The Morgan fingerprint density at radius 2 is 2.10 bits per heavy atom. The fourth-order valence-corrected chi connectivity index (χ4v) is 3.59. The number of ether oxygens (including phenoxy) is 1. The molecule has 0 saturated heterocycles. The first-order valence-electron chi connectivity index (χ1n) is 7.02. The topological polar surface area (TPSA) is 82.4 Å². The van der Waals surface area contributed by atoms with E-state index in [9.17, 15) is 15.2 Å². The average molecular weight is 284 g/mol. The lowest BCUT2D eigenvalue weighted by Gasteiger charge is -2.39. The summed E-state index contributed by atoms with van der Waals surface area (Å²) < 4.78 is 4.58. The highest BCUT2D eigenvalue weighted by molar-refractivity contribution is 5.94. The molecule has 2 aliphatic rings. The molecule has 0 aromatic rings. The second-order valence-electron chi connectivity index (χ2n) is 6.71. The van der Waals surface area contributed by atoms with Gasteiger partial charge in [-0.2, -0.15) is 5.06 Å². The lowest BCUT2D eigenvalue weighted by molar-refractivity contribution is -0.161. The first-order valence-corrected chi connectivity index (χ1v) is 7.02. The first-order chi connectivity index (χ1) is 9.27. The highest BCUT2D eigenvalue weighted by Crippen LogP contribution is 2.66. The number of nitrogens with zero attached hydrogens (tertiary/aromatic N) is 2. The van der Waals surface area contributed by atoms with Gasteiger partial charge in [-0.3, -0.25) is 4.79 Å². The highest BCUT2D eigenvalue weighted by atomic mass is 16.5. The van der Waals surface area contributed by atoms with Gasteiger partial charge in [0, 0.05) is 6.54 Å². The number of fused-ring (bicyclic) bond motifs is 1. The van der Waals surface area contributed by atoms with Crippen molar-refractivity contribution in [1.82, 2.24) is 5.06 Å². The number of methoxy groups -OCH3 is 1. The number of hydrogen-bond acceptors (Lipinski definition) is 6. The van der Waals surface area contributed by atoms with Gasteiger partial charge in [0.25, 0.3) is 0 Å². The number of hydroxylamine groups is 2. The first kappa shape index (κ1) is 15.3. The molecule has 2 fully saturated rings. The second-order valence-corrected chi connectivity index (χ2v) is 6.71. The van der Waals surface area contributed by atoms with Gasteiger partial charge in [-0.15, -0.1) is 0 Å². The van der Waals surface area contributed by atoms with Crippen molar-refractivity contribution >= 4 is 11.7 Å². The number of oxime groups is 1. The summed E-state index contributed by atoms with van der Waals surface area (Å²) in [6, 6.07) is 0. The van der Waals surface area contributed by atoms with E-state index in [2.05, 4.69) is 23.7 Å². The zero-order valence-electron chi connectivity index (χ0n) is 12.6. The molecule has 2 saturated carbocycles. The van der Waals surface area contributed by atoms with Crippen LogP contribution in [0.4, 0.5) is 0 Å². The maximum atomic E-state index is 11.2. The van der Waals surface area contributed by atoms with Crippen LogP contribution in [0.1, 0.15) is 40.0 Å². The normalized spacial score (nSPS) is 36.8. The van der Waals surface area contributed by atoms with Crippen LogP contribution < -0.4 is 0 Å². The van der Waals surface area contributed by atoms with E-state index >= 15 is 0 Å². The van der Waals surface area contributed by atoms with Crippen molar-refractivity contribution in [3.63, 3.8) is 0 Å². The molecule has 114 valence electrons. The van der Waals surface area contributed by atoms with E-state index in [-0.39, 0.29) is 24.3 Å². The molecule has 2 N–H and O–H groups in total. The van der Waals surface area contributed by atoms with Crippen LogP contribution in [0.2, 0.25) is 0 Å². The predicted octanol–water partition coefficient (Wildman–Crippen LogP) is 1.90. The van der Waals surface area contributed by atoms with Crippen LogP contribution in [0, 0.1) is 17.3 Å². The molecule has 6 heteroatoms. The van der Waals surface area contributed by atoms with E-state index in [1.807, 2.05) is 6.92 Å². The maximum Gasteiger partial charge on any atom is 0.306 e. The number of carbonyl (C=O) groups excluding carboxylic acids is 1. The summed E-state index contributed by atoms with van der Waals surface area (Å²) in [7, 11) is 1.32. The fourth-order valence-electron chi connectivity index (χ4n) is 3.59. The van der Waals surface area contributed by atoms with E-state index in [0.717, 1.165) is 11.5 Å². The summed E-state index contributed by atoms with van der Waals surface area (Å²) in [4.78, 5) is 11.2. The lowest BCUT2D eigenvalue weighted by Crippen LogP contribution is -2.53. The molecule has 0 aromatic carbocycles. The minimum Gasteiger partial charge on any atom is -0.469 e. The molecule has 0 bridgehead atoms. The van der Waals surface area contributed by atoms with Gasteiger partial charge in [-0.25, -0.2) is 0 Å². The van der Waals surface area contributed by atoms with Crippen LogP contribution in [0.3, 0.4) is 0 Å². The summed E-state index contributed by atoms with van der Waals surface area (Å²) >= 11 is 0. The summed E-state index contributed by atoms with van der Waals surface area (Å²) in [6.45, 7) is 6.45. The predicted molar refractivity (Wildman–Crippen MR) is 72.7 cm³/mol. The molecule has 3 unspecified atom stereocenters. The van der Waals surface area contributed by atoms with E-state index in [4.69, 9.17) is 0 Å². The Bertz CT molecular complexity index is 435. The van der Waals surface area contributed by atoms with Crippen molar-refractivity contribution in [3.05, 3.63) is 0 Å². The minimum atomic E-state index is -0.711. The standard InChI is InChI=1S/C14H24N2O4/c1-13(2)9-7-11(15-18)14(3,8-10(9)13)16(19)6-5-12(17)20-4/h9-10,18-19H,5-8H2,1-4H3/b15-11-. The van der Waals surface area contributed by atoms with Gasteiger partial charge in [0.15, 0.2) is 0 Å². The molecule has 20 heavy (non-hydrogen) atoms. The Balaban J connectivity index is 2.09. The lowest BCUT2D eigenvalue weighted by atomic mass is 9.81. The number of esters is 1. The van der Waals surface area contributed by atoms with Crippen LogP contribution in [0.5, 0.6) is 0 Å². The molecule has 0 amide bonds. The zero-order valence-corrected chi connectivity index (χ0v) is 12.6. The SMILES string of the molecule is COC(=O)CCN(O)C1(C)CC2C(C/C1=N/O)C2(C)C. The van der Waals surface area contributed by atoms with E-state index in [1.54, 1.807) is 0 Å². The largest absolute Gasteiger partial charge is 0.469 e. The van der Waals surface area contributed by atoms with Crippen molar-refractivity contribution in [3.8, 4) is 0 Å². The molecule has 6 nitrogen and oxygen atoms in total. The molecule has 2 rings (SSSR count). The molecule has 3 atom stereocenters. The molecule has 0 aliphatic heterocycles. The van der Waals surface area contributed by atoms with Crippen LogP contribution in [0.15, 0.2) is 5.16 Å². The number of rotatable bonds is 4. The van der Waals surface area contributed by atoms with Crippen molar-refractivity contribution in [1.29, 1.82) is 0 Å². The molecule has 0 spiro atoms. The summed E-state index contributed by atoms with van der Waals surface area (Å²) in [6.07, 6.45) is 1.54. The third-order valence-electron chi connectivity index (χ3n) is 5.39. The average Bonchev–Trinajstić information content (AvgIpc) is 2.94. The van der Waals surface area contributed by atoms with Crippen molar-refractivity contribution in [2.45, 2.75) is 45.6 Å². The smallest absolute Gasteiger partial charge is 0.306 e. The van der Waals surface area contributed by atoms with Gasteiger partial charge in [0.1, 0.15) is 0 Å². The Labute approximate surface area is 119 Å². The van der Waals surface area contributed by atoms with Gasteiger partial charge >= 0.3 is 5.97 Å².